The number of benzene rings is 2. The summed E-state index contributed by atoms with van der Waals surface area (Å²) in [4.78, 5) is 12.0. The summed E-state index contributed by atoms with van der Waals surface area (Å²) in [5.74, 6) is -0.368. The van der Waals surface area contributed by atoms with Crippen molar-refractivity contribution in [3.63, 3.8) is 0 Å². The van der Waals surface area contributed by atoms with E-state index in [1.54, 1.807) is 24.3 Å². The van der Waals surface area contributed by atoms with Crippen molar-refractivity contribution in [3.8, 4) is 5.69 Å². The lowest BCUT2D eigenvalue weighted by Crippen LogP contribution is -2.30. The van der Waals surface area contributed by atoms with E-state index in [4.69, 9.17) is 0 Å². The summed E-state index contributed by atoms with van der Waals surface area (Å²) >= 11 is 0. The Morgan fingerprint density at radius 2 is 1.77 bits per heavy atom. The van der Waals surface area contributed by atoms with Crippen LogP contribution in [0.25, 0.3) is 5.69 Å². The Balaban J connectivity index is 1.49. The first-order valence-electron chi connectivity index (χ1n) is 8.76. The zero-order chi connectivity index (χ0) is 18.4. The summed E-state index contributed by atoms with van der Waals surface area (Å²) in [6, 6.07) is 18.9. The molecule has 1 heterocycles. The van der Waals surface area contributed by atoms with Crippen molar-refractivity contribution in [2.24, 2.45) is 0 Å². The molecule has 0 aliphatic carbocycles. The first kappa shape index (κ1) is 17.9. The van der Waals surface area contributed by atoms with Gasteiger partial charge < -0.3 is 10.4 Å². The molecular weight excluding hydrogens is 326 g/mol. The third-order valence-electron chi connectivity index (χ3n) is 4.31. The molecule has 0 aliphatic heterocycles. The summed E-state index contributed by atoms with van der Waals surface area (Å²) in [6.07, 6.45) is 2.51. The second-order valence-corrected chi connectivity index (χ2v) is 6.23. The summed E-state index contributed by atoms with van der Waals surface area (Å²) in [7, 11) is 0. The maximum Gasteiger partial charge on any atom is 0.253 e. The Hall–Kier alpha value is -2.92. The molecule has 3 rings (SSSR count). The van der Waals surface area contributed by atoms with Gasteiger partial charge in [-0.05, 0) is 43.0 Å². The van der Waals surface area contributed by atoms with Gasteiger partial charge in [0.2, 0.25) is 0 Å². The van der Waals surface area contributed by atoms with Crippen molar-refractivity contribution < 1.29 is 9.90 Å². The monoisotopic (exact) mass is 349 g/mol. The molecule has 0 aliphatic rings. The van der Waals surface area contributed by atoms with E-state index in [2.05, 4.69) is 10.4 Å². The lowest BCUT2D eigenvalue weighted by Gasteiger charge is -2.11. The molecule has 0 bridgehead atoms. The van der Waals surface area contributed by atoms with Crippen molar-refractivity contribution in [2.75, 3.05) is 6.54 Å². The van der Waals surface area contributed by atoms with Gasteiger partial charge in [0.1, 0.15) is 0 Å². The molecule has 1 amide bonds. The van der Waals surface area contributed by atoms with Crippen LogP contribution < -0.4 is 5.32 Å². The van der Waals surface area contributed by atoms with Gasteiger partial charge in [-0.15, -0.1) is 0 Å². The highest BCUT2D eigenvalue weighted by molar-refractivity contribution is 5.81. The molecule has 134 valence electrons. The number of aliphatic hydroxyl groups excluding tert-OH is 1. The van der Waals surface area contributed by atoms with Crippen LogP contribution in [0.4, 0.5) is 0 Å². The maximum atomic E-state index is 12.0. The minimum atomic E-state index is -1.13. The standard InChI is InChI=1S/C21H23N3O2/c1-16-18(15-24(23-16)19-12-6-3-7-13-19)11-8-14-22-21(26)20(25)17-9-4-2-5-10-17/h2-7,9-10,12-13,15,20,25H,8,11,14H2,1H3,(H,22,26). The summed E-state index contributed by atoms with van der Waals surface area (Å²) in [6.45, 7) is 2.51. The van der Waals surface area contributed by atoms with E-state index in [1.807, 2.05) is 54.2 Å². The SMILES string of the molecule is Cc1nn(-c2ccccc2)cc1CCCNC(=O)C(O)c1ccccc1. The van der Waals surface area contributed by atoms with Gasteiger partial charge >= 0.3 is 0 Å². The highest BCUT2D eigenvalue weighted by Crippen LogP contribution is 2.14. The summed E-state index contributed by atoms with van der Waals surface area (Å²) in [5.41, 5.74) is 3.78. The minimum Gasteiger partial charge on any atom is -0.378 e. The number of carbonyl (C=O) groups excluding carboxylic acids is 1. The van der Waals surface area contributed by atoms with E-state index >= 15 is 0 Å². The number of amides is 1. The molecule has 0 fully saturated rings. The molecule has 5 heteroatoms. The van der Waals surface area contributed by atoms with E-state index in [-0.39, 0.29) is 5.91 Å². The van der Waals surface area contributed by atoms with Crippen molar-refractivity contribution in [2.45, 2.75) is 25.9 Å². The summed E-state index contributed by atoms with van der Waals surface area (Å²) < 4.78 is 1.88. The maximum absolute atomic E-state index is 12.0. The third-order valence-corrected chi connectivity index (χ3v) is 4.31. The van der Waals surface area contributed by atoms with E-state index < -0.39 is 6.10 Å². The predicted molar refractivity (Wildman–Crippen MR) is 101 cm³/mol. The number of para-hydroxylation sites is 1. The molecule has 2 N–H and O–H groups in total. The molecule has 1 atom stereocenters. The Kier molecular flexibility index (Phi) is 5.81. The van der Waals surface area contributed by atoms with Gasteiger partial charge in [0.15, 0.2) is 6.10 Å². The lowest BCUT2D eigenvalue weighted by molar-refractivity contribution is -0.129. The predicted octanol–water partition coefficient (Wildman–Crippen LogP) is 2.96. The zero-order valence-electron chi connectivity index (χ0n) is 14.8. The van der Waals surface area contributed by atoms with Crippen LogP contribution in [0.5, 0.6) is 0 Å². The Morgan fingerprint density at radius 3 is 2.46 bits per heavy atom. The quantitative estimate of drug-likeness (QED) is 0.645. The summed E-state index contributed by atoms with van der Waals surface area (Å²) in [5, 5.41) is 17.4. The van der Waals surface area contributed by atoms with E-state index in [0.717, 1.165) is 29.8 Å². The second kappa shape index (κ2) is 8.45. The van der Waals surface area contributed by atoms with Crippen molar-refractivity contribution in [1.29, 1.82) is 0 Å². The van der Waals surface area contributed by atoms with Crippen LogP contribution in [0.15, 0.2) is 66.9 Å². The molecule has 26 heavy (non-hydrogen) atoms. The molecule has 3 aromatic rings. The number of hydrogen-bond acceptors (Lipinski definition) is 3. The molecule has 1 aromatic heterocycles. The van der Waals surface area contributed by atoms with Gasteiger partial charge in [-0.2, -0.15) is 5.10 Å². The molecule has 0 saturated heterocycles. The number of aliphatic hydroxyl groups is 1. The van der Waals surface area contributed by atoms with Crippen molar-refractivity contribution >= 4 is 5.91 Å². The van der Waals surface area contributed by atoms with Gasteiger partial charge in [-0.3, -0.25) is 4.79 Å². The van der Waals surface area contributed by atoms with E-state index in [9.17, 15) is 9.90 Å². The number of hydrogen-bond donors (Lipinski definition) is 2. The van der Waals surface area contributed by atoms with Crippen LogP contribution in [0.3, 0.4) is 0 Å². The molecule has 2 aromatic carbocycles. The molecule has 0 radical (unpaired) electrons. The van der Waals surface area contributed by atoms with E-state index in [1.165, 1.54) is 0 Å². The number of aromatic nitrogens is 2. The molecule has 1 unspecified atom stereocenters. The minimum absolute atomic E-state index is 0.368. The van der Waals surface area contributed by atoms with Crippen LogP contribution in [0.1, 0.15) is 29.3 Å². The fourth-order valence-electron chi connectivity index (χ4n) is 2.83. The number of aryl methyl sites for hydroxylation is 2. The van der Waals surface area contributed by atoms with Crippen molar-refractivity contribution in [3.05, 3.63) is 83.7 Å². The second-order valence-electron chi connectivity index (χ2n) is 6.23. The number of carbonyl (C=O) groups is 1. The fourth-order valence-corrected chi connectivity index (χ4v) is 2.83. The van der Waals surface area contributed by atoms with Crippen LogP contribution >= 0.6 is 0 Å². The molecule has 0 saturated carbocycles. The van der Waals surface area contributed by atoms with Crippen LogP contribution in [-0.2, 0) is 11.2 Å². The van der Waals surface area contributed by atoms with Crippen LogP contribution in [0.2, 0.25) is 0 Å². The van der Waals surface area contributed by atoms with E-state index in [0.29, 0.717) is 12.1 Å². The molecule has 5 nitrogen and oxygen atoms in total. The lowest BCUT2D eigenvalue weighted by atomic mass is 10.1. The normalized spacial score (nSPS) is 11.9. The zero-order valence-corrected chi connectivity index (χ0v) is 14.8. The first-order valence-corrected chi connectivity index (χ1v) is 8.76. The Labute approximate surface area is 153 Å². The molecule has 0 spiro atoms. The highest BCUT2D eigenvalue weighted by Gasteiger charge is 2.16. The number of nitrogens with one attached hydrogen (secondary N) is 1. The largest absolute Gasteiger partial charge is 0.378 e. The van der Waals surface area contributed by atoms with Gasteiger partial charge in [0, 0.05) is 12.7 Å². The van der Waals surface area contributed by atoms with Gasteiger partial charge in [0.05, 0.1) is 11.4 Å². The smallest absolute Gasteiger partial charge is 0.253 e. The average molecular weight is 349 g/mol. The molecular formula is C21H23N3O2. The van der Waals surface area contributed by atoms with Gasteiger partial charge in [-0.1, -0.05) is 48.5 Å². The topological polar surface area (TPSA) is 67.2 Å². The van der Waals surface area contributed by atoms with Gasteiger partial charge in [0.25, 0.3) is 5.91 Å². The van der Waals surface area contributed by atoms with Gasteiger partial charge in [-0.25, -0.2) is 4.68 Å². The van der Waals surface area contributed by atoms with Crippen molar-refractivity contribution in [1.82, 2.24) is 15.1 Å². The highest BCUT2D eigenvalue weighted by atomic mass is 16.3. The number of nitrogens with zero attached hydrogens (tertiary/aromatic N) is 2. The number of rotatable bonds is 7. The fraction of sp³-hybridized carbons (Fsp3) is 0.238. The Morgan fingerprint density at radius 1 is 1.12 bits per heavy atom. The first-order chi connectivity index (χ1) is 12.6. The third kappa shape index (κ3) is 4.37. The average Bonchev–Trinajstić information content (AvgIpc) is 3.06. The Bertz CT molecular complexity index is 844. The van der Waals surface area contributed by atoms with Crippen LogP contribution in [-0.4, -0.2) is 27.3 Å². The van der Waals surface area contributed by atoms with Crippen LogP contribution in [0, 0.1) is 6.92 Å².